The smallest absolute Gasteiger partial charge is 0.0417 e. The van der Waals surface area contributed by atoms with E-state index in [2.05, 4.69) is 55.3 Å². The molecule has 1 N–H and O–H groups in total. The average Bonchev–Trinajstić information content (AvgIpc) is 2.45. The average molecular weight is 260 g/mol. The van der Waals surface area contributed by atoms with Gasteiger partial charge in [-0.25, -0.2) is 0 Å². The van der Waals surface area contributed by atoms with E-state index in [4.69, 9.17) is 0 Å². The van der Waals surface area contributed by atoms with Crippen molar-refractivity contribution in [1.82, 2.24) is 5.32 Å². The maximum Gasteiger partial charge on any atom is 0.0417 e. The van der Waals surface area contributed by atoms with Crippen LogP contribution in [0.25, 0.3) is 0 Å². The summed E-state index contributed by atoms with van der Waals surface area (Å²) in [6, 6.07) is 10.1. The zero-order valence-corrected chi connectivity index (χ0v) is 12.7. The predicted octanol–water partition coefficient (Wildman–Crippen LogP) is 4.13. The first kappa shape index (κ1) is 14.4. The van der Waals surface area contributed by atoms with Crippen molar-refractivity contribution < 1.29 is 0 Å². The first-order valence-corrected chi connectivity index (χ1v) is 7.86. The number of para-hydroxylation sites is 1. The van der Waals surface area contributed by atoms with Gasteiger partial charge in [-0.15, -0.1) is 0 Å². The lowest BCUT2D eigenvalue weighted by molar-refractivity contribution is 0.477. The molecular formula is C17H28N2. The monoisotopic (exact) mass is 260 g/mol. The molecule has 2 atom stereocenters. The Morgan fingerprint density at radius 2 is 2.05 bits per heavy atom. The van der Waals surface area contributed by atoms with E-state index >= 15 is 0 Å². The van der Waals surface area contributed by atoms with Gasteiger partial charge >= 0.3 is 0 Å². The molecule has 0 aliphatic carbocycles. The van der Waals surface area contributed by atoms with Gasteiger partial charge in [0.15, 0.2) is 0 Å². The zero-order valence-electron chi connectivity index (χ0n) is 12.7. The van der Waals surface area contributed by atoms with Crippen LogP contribution in [0.3, 0.4) is 0 Å². The van der Waals surface area contributed by atoms with Crippen molar-refractivity contribution in [3.63, 3.8) is 0 Å². The lowest BCUT2D eigenvalue weighted by Gasteiger charge is -2.37. The molecule has 1 aromatic rings. The van der Waals surface area contributed by atoms with Gasteiger partial charge in [0, 0.05) is 24.3 Å². The molecule has 0 bridgehead atoms. The number of nitrogens with one attached hydrogen (secondary N) is 1. The Kier molecular flexibility index (Phi) is 5.26. The normalized spacial score (nSPS) is 21.4. The number of piperidine rings is 1. The van der Waals surface area contributed by atoms with Crippen LogP contribution in [0, 0.1) is 0 Å². The van der Waals surface area contributed by atoms with E-state index in [1.54, 1.807) is 0 Å². The number of anilines is 1. The molecule has 19 heavy (non-hydrogen) atoms. The molecule has 1 aromatic carbocycles. The minimum atomic E-state index is 0.482. The van der Waals surface area contributed by atoms with E-state index in [0.717, 1.165) is 13.0 Å². The van der Waals surface area contributed by atoms with Crippen molar-refractivity contribution in [3.8, 4) is 0 Å². The van der Waals surface area contributed by atoms with E-state index in [1.165, 1.54) is 37.1 Å². The number of hydrogen-bond acceptors (Lipinski definition) is 2. The quantitative estimate of drug-likeness (QED) is 0.856. The Morgan fingerprint density at radius 3 is 2.74 bits per heavy atom. The molecule has 106 valence electrons. The zero-order chi connectivity index (χ0) is 13.7. The first-order valence-electron chi connectivity index (χ1n) is 7.86. The molecule has 0 aromatic heterocycles. The van der Waals surface area contributed by atoms with Crippen LogP contribution in [0.5, 0.6) is 0 Å². The predicted molar refractivity (Wildman–Crippen MR) is 83.8 cm³/mol. The van der Waals surface area contributed by atoms with Crippen molar-refractivity contribution in [2.24, 2.45) is 0 Å². The largest absolute Gasteiger partial charge is 0.369 e. The molecule has 1 heterocycles. The van der Waals surface area contributed by atoms with Crippen LogP contribution in [-0.2, 0) is 0 Å². The lowest BCUT2D eigenvalue weighted by atomic mass is 9.97. The molecule has 0 radical (unpaired) electrons. The molecule has 1 aliphatic rings. The topological polar surface area (TPSA) is 15.3 Å². The Labute approximate surface area is 118 Å². The Bertz CT molecular complexity index is 389. The van der Waals surface area contributed by atoms with Crippen LogP contribution < -0.4 is 10.2 Å². The molecule has 1 aliphatic heterocycles. The molecule has 1 fully saturated rings. The molecule has 0 spiro atoms. The van der Waals surface area contributed by atoms with Crippen molar-refractivity contribution in [2.45, 2.75) is 58.5 Å². The minimum Gasteiger partial charge on any atom is -0.369 e. The summed E-state index contributed by atoms with van der Waals surface area (Å²) in [6.45, 7) is 9.06. The summed E-state index contributed by atoms with van der Waals surface area (Å²) in [7, 11) is 0. The second-order valence-electron chi connectivity index (χ2n) is 5.62. The van der Waals surface area contributed by atoms with E-state index < -0.39 is 0 Å². The summed E-state index contributed by atoms with van der Waals surface area (Å²) in [5.41, 5.74) is 2.92. The molecule has 1 saturated heterocycles. The number of rotatable bonds is 5. The fraction of sp³-hybridized carbons (Fsp3) is 0.647. The summed E-state index contributed by atoms with van der Waals surface area (Å²) in [6.07, 6.45) is 5.18. The van der Waals surface area contributed by atoms with Gasteiger partial charge in [-0.2, -0.15) is 0 Å². The lowest BCUT2D eigenvalue weighted by Crippen LogP contribution is -2.38. The summed E-state index contributed by atoms with van der Waals surface area (Å²) in [5, 5.41) is 3.62. The van der Waals surface area contributed by atoms with E-state index in [-0.39, 0.29) is 0 Å². The molecule has 0 saturated carbocycles. The second kappa shape index (κ2) is 6.95. The molecular weight excluding hydrogens is 232 g/mol. The van der Waals surface area contributed by atoms with Gasteiger partial charge in [-0.05, 0) is 50.8 Å². The standard InChI is InChI=1S/C17H28N2/c1-4-16(18-5-2)15-11-6-7-12-17(15)19-13-9-8-10-14(19)3/h6-7,11-12,14,16,18H,4-5,8-10,13H2,1-3H3. The van der Waals surface area contributed by atoms with Gasteiger partial charge in [0.05, 0.1) is 0 Å². The Balaban J connectivity index is 2.28. The van der Waals surface area contributed by atoms with Crippen LogP contribution >= 0.6 is 0 Å². The number of nitrogens with zero attached hydrogens (tertiary/aromatic N) is 1. The fourth-order valence-electron chi connectivity index (χ4n) is 3.22. The maximum absolute atomic E-state index is 3.62. The highest BCUT2D eigenvalue weighted by molar-refractivity contribution is 5.56. The van der Waals surface area contributed by atoms with Gasteiger partial charge in [0.1, 0.15) is 0 Å². The van der Waals surface area contributed by atoms with Gasteiger partial charge in [0.25, 0.3) is 0 Å². The maximum atomic E-state index is 3.62. The second-order valence-corrected chi connectivity index (χ2v) is 5.62. The highest BCUT2D eigenvalue weighted by Crippen LogP contribution is 2.32. The fourth-order valence-corrected chi connectivity index (χ4v) is 3.22. The van der Waals surface area contributed by atoms with Crippen LogP contribution in [0.4, 0.5) is 5.69 Å². The van der Waals surface area contributed by atoms with Crippen molar-refractivity contribution in [2.75, 3.05) is 18.0 Å². The molecule has 2 nitrogen and oxygen atoms in total. The molecule has 0 amide bonds. The first-order chi connectivity index (χ1) is 9.27. The highest BCUT2D eigenvalue weighted by Gasteiger charge is 2.22. The molecule has 2 heteroatoms. The number of benzene rings is 1. The van der Waals surface area contributed by atoms with Gasteiger partial charge in [-0.1, -0.05) is 32.0 Å². The third kappa shape index (κ3) is 3.30. The molecule has 2 rings (SSSR count). The SMILES string of the molecule is CCNC(CC)c1ccccc1N1CCCCC1C. The summed E-state index contributed by atoms with van der Waals surface area (Å²) >= 11 is 0. The van der Waals surface area contributed by atoms with Crippen molar-refractivity contribution >= 4 is 5.69 Å². The number of hydrogen-bond donors (Lipinski definition) is 1. The van der Waals surface area contributed by atoms with Crippen LogP contribution in [-0.4, -0.2) is 19.1 Å². The van der Waals surface area contributed by atoms with Crippen molar-refractivity contribution in [1.29, 1.82) is 0 Å². The van der Waals surface area contributed by atoms with E-state index in [0.29, 0.717) is 12.1 Å². The van der Waals surface area contributed by atoms with Crippen molar-refractivity contribution in [3.05, 3.63) is 29.8 Å². The Hall–Kier alpha value is -1.02. The Morgan fingerprint density at radius 1 is 1.26 bits per heavy atom. The third-order valence-electron chi connectivity index (χ3n) is 4.28. The van der Waals surface area contributed by atoms with E-state index in [9.17, 15) is 0 Å². The highest BCUT2D eigenvalue weighted by atomic mass is 15.2. The van der Waals surface area contributed by atoms with Gasteiger partial charge in [-0.3, -0.25) is 0 Å². The van der Waals surface area contributed by atoms with Crippen LogP contribution in [0.1, 0.15) is 58.1 Å². The summed E-state index contributed by atoms with van der Waals surface area (Å²) in [5.74, 6) is 0. The third-order valence-corrected chi connectivity index (χ3v) is 4.28. The minimum absolute atomic E-state index is 0.482. The van der Waals surface area contributed by atoms with E-state index in [1.807, 2.05) is 0 Å². The van der Waals surface area contributed by atoms with Gasteiger partial charge in [0.2, 0.25) is 0 Å². The summed E-state index contributed by atoms with van der Waals surface area (Å²) in [4.78, 5) is 2.61. The van der Waals surface area contributed by atoms with Crippen LogP contribution in [0.15, 0.2) is 24.3 Å². The molecule has 2 unspecified atom stereocenters. The summed E-state index contributed by atoms with van der Waals surface area (Å²) < 4.78 is 0. The van der Waals surface area contributed by atoms with Gasteiger partial charge < -0.3 is 10.2 Å². The van der Waals surface area contributed by atoms with Crippen LogP contribution in [0.2, 0.25) is 0 Å².